The highest BCUT2D eigenvalue weighted by Gasteiger charge is 2.23. The number of hydrogen-bond donors (Lipinski definition) is 1. The summed E-state index contributed by atoms with van der Waals surface area (Å²) >= 11 is 0. The highest BCUT2D eigenvalue weighted by molar-refractivity contribution is 5.88. The molecule has 28 heavy (non-hydrogen) atoms. The molecule has 1 saturated heterocycles. The first-order chi connectivity index (χ1) is 13.5. The van der Waals surface area contributed by atoms with Crippen molar-refractivity contribution in [3.05, 3.63) is 59.3 Å². The molecule has 1 aromatic heterocycles. The van der Waals surface area contributed by atoms with E-state index in [9.17, 15) is 13.6 Å². The highest BCUT2D eigenvalue weighted by Crippen LogP contribution is 2.24. The number of ether oxygens (including phenoxy) is 1. The Morgan fingerprint density at radius 2 is 2.04 bits per heavy atom. The third kappa shape index (κ3) is 5.48. The van der Waals surface area contributed by atoms with Crippen molar-refractivity contribution in [2.75, 3.05) is 25.5 Å². The van der Waals surface area contributed by atoms with Crippen LogP contribution in [0.4, 0.5) is 19.4 Å². The van der Waals surface area contributed by atoms with Crippen LogP contribution in [0.2, 0.25) is 0 Å². The van der Waals surface area contributed by atoms with E-state index in [1.807, 2.05) is 6.07 Å². The van der Waals surface area contributed by atoms with Gasteiger partial charge in [-0.1, -0.05) is 6.07 Å². The number of rotatable bonds is 6. The second-order valence-electron chi connectivity index (χ2n) is 7.12. The molecule has 0 bridgehead atoms. The number of nitrogens with one attached hydrogen (secondary N) is 1. The normalized spacial score (nSPS) is 14.9. The van der Waals surface area contributed by atoms with Crippen LogP contribution in [0.5, 0.6) is 0 Å². The fourth-order valence-electron chi connectivity index (χ4n) is 3.50. The van der Waals surface area contributed by atoms with Crippen molar-refractivity contribution >= 4 is 11.8 Å². The Hall–Kier alpha value is -2.54. The van der Waals surface area contributed by atoms with Crippen molar-refractivity contribution in [2.45, 2.75) is 32.3 Å². The third-order valence-corrected chi connectivity index (χ3v) is 5.11. The fraction of sp³-hybridized carbons (Fsp3) is 0.429. The summed E-state index contributed by atoms with van der Waals surface area (Å²) in [5, 5.41) is 2.83. The number of nitrogens with zero attached hydrogens (tertiary/aromatic N) is 2. The van der Waals surface area contributed by atoms with Gasteiger partial charge in [-0.05, 0) is 60.9 Å². The van der Waals surface area contributed by atoms with E-state index in [1.54, 1.807) is 24.3 Å². The largest absolute Gasteiger partial charge is 0.380 e. The molecule has 1 aliphatic heterocycles. The topological polar surface area (TPSA) is 54.5 Å². The van der Waals surface area contributed by atoms with Gasteiger partial charge >= 0.3 is 6.03 Å². The van der Waals surface area contributed by atoms with Crippen LogP contribution in [0.25, 0.3) is 0 Å². The molecule has 0 aliphatic carbocycles. The smallest absolute Gasteiger partial charge is 0.323 e. The predicted molar refractivity (Wildman–Crippen MR) is 103 cm³/mol. The Bertz CT molecular complexity index is 808. The number of amides is 2. The number of piperidine rings is 1. The maximum Gasteiger partial charge on any atom is 0.323 e. The fourth-order valence-corrected chi connectivity index (χ4v) is 3.50. The maximum atomic E-state index is 13.7. The quantitative estimate of drug-likeness (QED) is 0.798. The second kappa shape index (κ2) is 9.59. The second-order valence-corrected chi connectivity index (χ2v) is 7.12. The van der Waals surface area contributed by atoms with E-state index in [0.29, 0.717) is 43.4 Å². The molecule has 3 rings (SSSR count). The summed E-state index contributed by atoms with van der Waals surface area (Å²) < 4.78 is 31.8. The van der Waals surface area contributed by atoms with Crippen molar-refractivity contribution in [2.24, 2.45) is 5.92 Å². The van der Waals surface area contributed by atoms with Crippen molar-refractivity contribution < 1.29 is 18.3 Å². The van der Waals surface area contributed by atoms with Crippen LogP contribution in [-0.2, 0) is 17.8 Å². The molecular formula is C21H25F2N3O2. The average molecular weight is 389 g/mol. The minimum Gasteiger partial charge on any atom is -0.380 e. The summed E-state index contributed by atoms with van der Waals surface area (Å²) in [5.41, 5.74) is 1.49. The SMILES string of the molecule is COCc1ccnc(NC(=O)N2CCC(CCc3ccc(F)cc3F)CC2)c1. The van der Waals surface area contributed by atoms with Crippen LogP contribution < -0.4 is 5.32 Å². The van der Waals surface area contributed by atoms with Gasteiger partial charge in [0.1, 0.15) is 17.5 Å². The molecule has 0 spiro atoms. The third-order valence-electron chi connectivity index (χ3n) is 5.11. The number of carbonyl (C=O) groups excluding carboxylic acids is 1. The van der Waals surface area contributed by atoms with Crippen LogP contribution in [0, 0.1) is 17.6 Å². The van der Waals surface area contributed by atoms with Gasteiger partial charge in [-0.25, -0.2) is 18.6 Å². The number of carbonyl (C=O) groups is 1. The van der Waals surface area contributed by atoms with Crippen molar-refractivity contribution in [1.29, 1.82) is 0 Å². The van der Waals surface area contributed by atoms with Crippen LogP contribution in [-0.4, -0.2) is 36.1 Å². The van der Waals surface area contributed by atoms with Crippen LogP contribution >= 0.6 is 0 Å². The standard InChI is InChI=1S/C21H25F2N3O2/c1-28-14-16-6-9-24-20(12-16)25-21(27)26-10-7-15(8-11-26)2-3-17-4-5-18(22)13-19(17)23/h4-6,9,12-13,15H,2-3,7-8,10-11,14H2,1H3,(H,24,25,27). The first kappa shape index (κ1) is 20.2. The number of likely N-dealkylation sites (tertiary alicyclic amines) is 1. The van der Waals surface area contributed by atoms with Gasteiger partial charge in [-0.2, -0.15) is 0 Å². The summed E-state index contributed by atoms with van der Waals surface area (Å²) in [6, 6.07) is 7.21. The summed E-state index contributed by atoms with van der Waals surface area (Å²) in [7, 11) is 1.62. The molecular weight excluding hydrogens is 364 g/mol. The summed E-state index contributed by atoms with van der Waals surface area (Å²) in [6.07, 6.45) is 4.79. The lowest BCUT2D eigenvalue weighted by molar-refractivity contribution is 0.179. The number of hydrogen-bond acceptors (Lipinski definition) is 3. The lowest BCUT2D eigenvalue weighted by atomic mass is 9.90. The van der Waals surface area contributed by atoms with Gasteiger partial charge < -0.3 is 9.64 Å². The predicted octanol–water partition coefficient (Wildman–Crippen LogP) is 4.38. The minimum atomic E-state index is -0.553. The van der Waals surface area contributed by atoms with E-state index in [2.05, 4.69) is 10.3 Å². The van der Waals surface area contributed by atoms with Crippen molar-refractivity contribution in [3.63, 3.8) is 0 Å². The molecule has 0 atom stereocenters. The molecule has 2 aromatic rings. The van der Waals surface area contributed by atoms with E-state index < -0.39 is 11.6 Å². The molecule has 2 heterocycles. The molecule has 2 amide bonds. The first-order valence-corrected chi connectivity index (χ1v) is 9.49. The van der Waals surface area contributed by atoms with Gasteiger partial charge in [-0.3, -0.25) is 5.32 Å². The minimum absolute atomic E-state index is 0.162. The molecule has 1 aliphatic rings. The van der Waals surface area contributed by atoms with Gasteiger partial charge in [0.25, 0.3) is 0 Å². The Morgan fingerprint density at radius 1 is 1.25 bits per heavy atom. The number of anilines is 1. The summed E-state index contributed by atoms with van der Waals surface area (Å²) in [5.74, 6) is -0.104. The Balaban J connectivity index is 1.45. The lowest BCUT2D eigenvalue weighted by Crippen LogP contribution is -2.41. The van der Waals surface area contributed by atoms with Gasteiger partial charge in [0.2, 0.25) is 0 Å². The monoisotopic (exact) mass is 389 g/mol. The van der Waals surface area contributed by atoms with Crippen LogP contribution in [0.3, 0.4) is 0 Å². The van der Waals surface area contributed by atoms with Crippen LogP contribution in [0.15, 0.2) is 36.5 Å². The zero-order chi connectivity index (χ0) is 19.9. The molecule has 5 nitrogen and oxygen atoms in total. The Morgan fingerprint density at radius 3 is 2.75 bits per heavy atom. The number of aromatic nitrogens is 1. The Labute approximate surface area is 163 Å². The number of aryl methyl sites for hydroxylation is 1. The number of urea groups is 1. The van der Waals surface area contributed by atoms with Gasteiger partial charge in [0, 0.05) is 32.5 Å². The van der Waals surface area contributed by atoms with Gasteiger partial charge in [-0.15, -0.1) is 0 Å². The van der Waals surface area contributed by atoms with E-state index in [0.717, 1.165) is 30.9 Å². The van der Waals surface area contributed by atoms with E-state index in [4.69, 9.17) is 4.74 Å². The Kier molecular flexibility index (Phi) is 6.92. The van der Waals surface area contributed by atoms with E-state index in [-0.39, 0.29) is 6.03 Å². The molecule has 1 fully saturated rings. The average Bonchev–Trinajstić information content (AvgIpc) is 2.68. The molecule has 150 valence electrons. The number of methoxy groups -OCH3 is 1. The number of halogens is 2. The van der Waals surface area contributed by atoms with Crippen LogP contribution in [0.1, 0.15) is 30.4 Å². The zero-order valence-corrected chi connectivity index (χ0v) is 16.0. The molecule has 0 saturated carbocycles. The molecule has 1 aromatic carbocycles. The van der Waals surface area contributed by atoms with E-state index >= 15 is 0 Å². The summed E-state index contributed by atoms with van der Waals surface area (Å²) in [6.45, 7) is 1.77. The van der Waals surface area contributed by atoms with Gasteiger partial charge in [0.05, 0.1) is 6.61 Å². The van der Waals surface area contributed by atoms with Crippen molar-refractivity contribution in [1.82, 2.24) is 9.88 Å². The first-order valence-electron chi connectivity index (χ1n) is 9.49. The molecule has 0 unspecified atom stereocenters. The summed E-state index contributed by atoms with van der Waals surface area (Å²) in [4.78, 5) is 18.4. The molecule has 7 heteroatoms. The number of benzene rings is 1. The highest BCUT2D eigenvalue weighted by atomic mass is 19.1. The van der Waals surface area contributed by atoms with E-state index in [1.165, 1.54) is 12.1 Å². The molecule has 1 N–H and O–H groups in total. The number of pyridine rings is 1. The molecule has 0 radical (unpaired) electrons. The zero-order valence-electron chi connectivity index (χ0n) is 16.0. The maximum absolute atomic E-state index is 13.7. The van der Waals surface area contributed by atoms with Gasteiger partial charge in [0.15, 0.2) is 0 Å². The lowest BCUT2D eigenvalue weighted by Gasteiger charge is -2.32. The van der Waals surface area contributed by atoms with Crippen molar-refractivity contribution in [3.8, 4) is 0 Å².